The van der Waals surface area contributed by atoms with Gasteiger partial charge < -0.3 is 9.47 Å². The van der Waals surface area contributed by atoms with Crippen molar-refractivity contribution in [1.29, 1.82) is 0 Å². The number of benzene rings is 4. The predicted octanol–water partition coefficient (Wildman–Crippen LogP) is 7.34. The molecule has 0 radical (unpaired) electrons. The summed E-state index contributed by atoms with van der Waals surface area (Å²) in [6.07, 6.45) is 2.01. The second-order valence-corrected chi connectivity index (χ2v) is 8.37. The minimum atomic E-state index is -0.585. The van der Waals surface area contributed by atoms with Crippen molar-refractivity contribution in [2.24, 2.45) is 0 Å². The van der Waals surface area contributed by atoms with Gasteiger partial charge in [-0.05, 0) is 35.9 Å². The molecule has 0 atom stereocenters. The minimum Gasteiger partial charge on any atom is -0.457 e. The average molecular weight is 425 g/mol. The first-order valence-electron chi connectivity index (χ1n) is 11.1. The van der Waals surface area contributed by atoms with Gasteiger partial charge in [-0.15, -0.1) is 0 Å². The fraction of sp³-hybridized carbons (Fsp3) is 0.0333. The second kappa shape index (κ2) is 6.81. The number of aromatic nitrogens is 1. The van der Waals surface area contributed by atoms with Crippen molar-refractivity contribution in [3.8, 4) is 34.3 Å². The Labute approximate surface area is 191 Å². The SMILES string of the molecule is c1ccc(-c2ccc(C34c5ccccc5Oc5cccc(c53)Oc3ccccc34)cn2)cc1. The molecule has 5 aromatic rings. The van der Waals surface area contributed by atoms with Gasteiger partial charge in [0.25, 0.3) is 0 Å². The maximum atomic E-state index is 6.38. The largest absolute Gasteiger partial charge is 0.457 e. The van der Waals surface area contributed by atoms with Crippen LogP contribution in [0.15, 0.2) is 115 Å². The van der Waals surface area contributed by atoms with Crippen LogP contribution in [0.25, 0.3) is 11.3 Å². The molecule has 2 aliphatic heterocycles. The van der Waals surface area contributed by atoms with Crippen LogP contribution in [0.1, 0.15) is 22.3 Å². The van der Waals surface area contributed by atoms with Crippen LogP contribution in [-0.4, -0.2) is 4.98 Å². The molecule has 7 rings (SSSR count). The van der Waals surface area contributed by atoms with E-state index in [9.17, 15) is 0 Å². The summed E-state index contributed by atoms with van der Waals surface area (Å²) >= 11 is 0. The van der Waals surface area contributed by atoms with E-state index in [0.717, 1.165) is 56.5 Å². The van der Waals surface area contributed by atoms with E-state index in [-0.39, 0.29) is 0 Å². The number of nitrogens with zero attached hydrogens (tertiary/aromatic N) is 1. The molecule has 0 saturated heterocycles. The van der Waals surface area contributed by atoms with Crippen molar-refractivity contribution in [2.75, 3.05) is 0 Å². The molecule has 33 heavy (non-hydrogen) atoms. The van der Waals surface area contributed by atoms with E-state index in [4.69, 9.17) is 14.5 Å². The fourth-order valence-corrected chi connectivity index (χ4v) is 5.28. The smallest absolute Gasteiger partial charge is 0.135 e. The van der Waals surface area contributed by atoms with E-state index in [1.807, 2.05) is 66.9 Å². The van der Waals surface area contributed by atoms with Crippen molar-refractivity contribution < 1.29 is 9.47 Å². The zero-order valence-electron chi connectivity index (χ0n) is 17.7. The van der Waals surface area contributed by atoms with Gasteiger partial charge in [0, 0.05) is 22.9 Å². The zero-order valence-corrected chi connectivity index (χ0v) is 17.7. The Balaban J connectivity index is 1.57. The number of para-hydroxylation sites is 2. The van der Waals surface area contributed by atoms with E-state index in [2.05, 4.69) is 48.5 Å². The van der Waals surface area contributed by atoms with E-state index < -0.39 is 5.41 Å². The van der Waals surface area contributed by atoms with Crippen molar-refractivity contribution in [3.05, 3.63) is 138 Å². The van der Waals surface area contributed by atoms with Gasteiger partial charge in [-0.3, -0.25) is 4.98 Å². The Kier molecular flexibility index (Phi) is 3.76. The molecule has 0 N–H and O–H groups in total. The number of hydrogen-bond acceptors (Lipinski definition) is 3. The molecule has 0 bridgehead atoms. The van der Waals surface area contributed by atoms with Crippen LogP contribution >= 0.6 is 0 Å². The summed E-state index contributed by atoms with van der Waals surface area (Å²) in [5, 5.41) is 0. The van der Waals surface area contributed by atoms with Gasteiger partial charge >= 0.3 is 0 Å². The first-order chi connectivity index (χ1) is 16.4. The van der Waals surface area contributed by atoms with Crippen molar-refractivity contribution in [3.63, 3.8) is 0 Å². The molecule has 0 aliphatic carbocycles. The summed E-state index contributed by atoms with van der Waals surface area (Å²) in [5.74, 6) is 3.33. The predicted molar refractivity (Wildman–Crippen MR) is 128 cm³/mol. The van der Waals surface area contributed by atoms with E-state index in [1.54, 1.807) is 0 Å². The molecular weight excluding hydrogens is 406 g/mol. The van der Waals surface area contributed by atoms with Gasteiger partial charge in [0.15, 0.2) is 0 Å². The van der Waals surface area contributed by atoms with Gasteiger partial charge in [-0.2, -0.15) is 0 Å². The molecule has 0 saturated carbocycles. The third kappa shape index (κ3) is 2.48. The summed E-state index contributed by atoms with van der Waals surface area (Å²) in [5.41, 5.74) is 5.76. The first kappa shape index (κ1) is 18.2. The number of hydrogen-bond donors (Lipinski definition) is 0. The van der Waals surface area contributed by atoms with Crippen molar-refractivity contribution in [1.82, 2.24) is 4.98 Å². The minimum absolute atomic E-state index is 0.585. The van der Waals surface area contributed by atoms with Gasteiger partial charge in [-0.1, -0.05) is 78.9 Å². The van der Waals surface area contributed by atoms with Crippen LogP contribution in [0, 0.1) is 0 Å². The van der Waals surface area contributed by atoms with Gasteiger partial charge in [0.2, 0.25) is 0 Å². The van der Waals surface area contributed by atoms with Crippen molar-refractivity contribution >= 4 is 0 Å². The molecule has 156 valence electrons. The van der Waals surface area contributed by atoms with Crippen LogP contribution in [-0.2, 0) is 5.41 Å². The number of rotatable bonds is 2. The summed E-state index contributed by atoms with van der Waals surface area (Å²) in [6, 6.07) is 37.2. The lowest BCUT2D eigenvalue weighted by atomic mass is 9.62. The standard InChI is InChI=1S/C30H19NO2/c1-2-9-20(10-3-1)24-18-17-21(19-31-24)30-22-11-4-6-13-25(22)32-27-15-8-16-28(29(27)30)33-26-14-7-5-12-23(26)30/h1-19H. The molecule has 0 fully saturated rings. The zero-order chi connectivity index (χ0) is 21.8. The number of pyridine rings is 1. The average Bonchev–Trinajstić information content (AvgIpc) is 2.89. The lowest BCUT2D eigenvalue weighted by Gasteiger charge is -2.44. The molecular formula is C30H19NO2. The van der Waals surface area contributed by atoms with Crippen LogP contribution in [0.3, 0.4) is 0 Å². The monoisotopic (exact) mass is 425 g/mol. The highest BCUT2D eigenvalue weighted by atomic mass is 16.5. The molecule has 0 unspecified atom stereocenters. The van der Waals surface area contributed by atoms with Crippen molar-refractivity contribution in [2.45, 2.75) is 5.41 Å². The van der Waals surface area contributed by atoms with E-state index in [0.29, 0.717) is 0 Å². The Morgan fingerprint density at radius 3 is 1.70 bits per heavy atom. The summed E-state index contributed by atoms with van der Waals surface area (Å²) in [4.78, 5) is 4.91. The van der Waals surface area contributed by atoms with Crippen LogP contribution in [0.5, 0.6) is 23.0 Å². The lowest BCUT2D eigenvalue weighted by Crippen LogP contribution is -2.37. The molecule has 2 aliphatic rings. The highest BCUT2D eigenvalue weighted by molar-refractivity contribution is 5.76. The molecule has 4 aromatic carbocycles. The van der Waals surface area contributed by atoms with Gasteiger partial charge in [-0.25, -0.2) is 0 Å². The topological polar surface area (TPSA) is 31.4 Å². The van der Waals surface area contributed by atoms with Crippen LogP contribution in [0.2, 0.25) is 0 Å². The molecule has 3 heteroatoms. The molecule has 3 nitrogen and oxygen atoms in total. The maximum Gasteiger partial charge on any atom is 0.135 e. The quantitative estimate of drug-likeness (QED) is 0.290. The maximum absolute atomic E-state index is 6.38. The van der Waals surface area contributed by atoms with Gasteiger partial charge in [0.1, 0.15) is 23.0 Å². The summed E-state index contributed by atoms with van der Waals surface area (Å²) in [6.45, 7) is 0. The second-order valence-electron chi connectivity index (χ2n) is 8.37. The van der Waals surface area contributed by atoms with E-state index in [1.165, 1.54) is 0 Å². The molecule has 1 aromatic heterocycles. The highest BCUT2D eigenvalue weighted by Crippen LogP contribution is 2.62. The van der Waals surface area contributed by atoms with Crippen LogP contribution in [0.4, 0.5) is 0 Å². The Bertz CT molecular complexity index is 1440. The first-order valence-corrected chi connectivity index (χ1v) is 11.1. The van der Waals surface area contributed by atoms with Gasteiger partial charge in [0.05, 0.1) is 16.7 Å². The normalized spacial score (nSPS) is 14.2. The summed E-state index contributed by atoms with van der Waals surface area (Å²) in [7, 11) is 0. The third-order valence-corrected chi connectivity index (χ3v) is 6.65. The Morgan fingerprint density at radius 2 is 1.09 bits per heavy atom. The molecule has 0 spiro atoms. The van der Waals surface area contributed by atoms with E-state index >= 15 is 0 Å². The number of fused-ring (bicyclic) bond motifs is 4. The Morgan fingerprint density at radius 1 is 0.515 bits per heavy atom. The summed E-state index contributed by atoms with van der Waals surface area (Å²) < 4.78 is 12.8. The fourth-order valence-electron chi connectivity index (χ4n) is 5.28. The molecule has 3 heterocycles. The third-order valence-electron chi connectivity index (χ3n) is 6.65. The number of ether oxygens (including phenoxy) is 2. The molecule has 0 amide bonds. The van der Waals surface area contributed by atoms with Crippen LogP contribution < -0.4 is 9.47 Å². The Hall–Kier alpha value is -4.37. The lowest BCUT2D eigenvalue weighted by molar-refractivity contribution is 0.385. The highest BCUT2D eigenvalue weighted by Gasteiger charge is 2.51.